The van der Waals surface area contributed by atoms with E-state index in [1.165, 1.54) is 15.1 Å². The Morgan fingerprint density at radius 3 is 2.89 bits per heavy atom. The Bertz CT molecular complexity index is 567. The number of benzene rings is 1. The molecule has 1 amide bonds. The molecule has 100 valence electrons. The molecule has 1 N–H and O–H groups in total. The number of amides is 1. The van der Waals surface area contributed by atoms with E-state index >= 15 is 0 Å². The Labute approximate surface area is 116 Å². The fourth-order valence-corrected chi connectivity index (χ4v) is 2.41. The van der Waals surface area contributed by atoms with Gasteiger partial charge < -0.3 is 5.32 Å². The predicted molar refractivity (Wildman–Crippen MR) is 75.3 cm³/mol. The Hall–Kier alpha value is -1.82. The van der Waals surface area contributed by atoms with E-state index < -0.39 is 0 Å². The summed E-state index contributed by atoms with van der Waals surface area (Å²) in [5, 5.41) is 10.4. The SMILES string of the molecule is CSc1ccccc1CCNC(=O)c1cn(C)nn1. The van der Waals surface area contributed by atoms with Gasteiger partial charge in [0.05, 0.1) is 6.20 Å². The van der Waals surface area contributed by atoms with Crippen LogP contribution in [0.4, 0.5) is 0 Å². The fourth-order valence-electron chi connectivity index (χ4n) is 1.76. The zero-order valence-electron chi connectivity index (χ0n) is 11.0. The zero-order chi connectivity index (χ0) is 13.7. The highest BCUT2D eigenvalue weighted by Gasteiger charge is 2.09. The minimum Gasteiger partial charge on any atom is -0.350 e. The average Bonchev–Trinajstić information content (AvgIpc) is 2.86. The zero-order valence-corrected chi connectivity index (χ0v) is 11.8. The van der Waals surface area contributed by atoms with Gasteiger partial charge >= 0.3 is 0 Å². The highest BCUT2D eigenvalue weighted by molar-refractivity contribution is 7.98. The van der Waals surface area contributed by atoms with Crippen LogP contribution in [0.2, 0.25) is 0 Å². The molecule has 0 aliphatic carbocycles. The Morgan fingerprint density at radius 2 is 2.21 bits per heavy atom. The Balaban J connectivity index is 1.88. The smallest absolute Gasteiger partial charge is 0.273 e. The van der Waals surface area contributed by atoms with Gasteiger partial charge in [-0.15, -0.1) is 16.9 Å². The lowest BCUT2D eigenvalue weighted by atomic mass is 10.1. The maximum atomic E-state index is 11.8. The van der Waals surface area contributed by atoms with Gasteiger partial charge in [-0.2, -0.15) is 0 Å². The van der Waals surface area contributed by atoms with Crippen molar-refractivity contribution in [2.75, 3.05) is 12.8 Å². The molecule has 0 atom stereocenters. The first kappa shape index (κ1) is 13.6. The van der Waals surface area contributed by atoms with Crippen molar-refractivity contribution in [1.29, 1.82) is 0 Å². The summed E-state index contributed by atoms with van der Waals surface area (Å²) < 4.78 is 1.51. The van der Waals surface area contributed by atoms with Crippen LogP contribution in [0, 0.1) is 0 Å². The number of aromatic nitrogens is 3. The van der Waals surface area contributed by atoms with Gasteiger partial charge in [-0.05, 0) is 24.3 Å². The first-order valence-corrected chi connectivity index (χ1v) is 7.19. The summed E-state index contributed by atoms with van der Waals surface area (Å²) in [4.78, 5) is 13.0. The Kier molecular flexibility index (Phi) is 4.57. The van der Waals surface area contributed by atoms with Gasteiger partial charge in [0.25, 0.3) is 5.91 Å². The van der Waals surface area contributed by atoms with E-state index in [9.17, 15) is 4.79 Å². The summed E-state index contributed by atoms with van der Waals surface area (Å²) >= 11 is 1.72. The number of thioether (sulfide) groups is 1. The minimum atomic E-state index is -0.185. The number of aryl methyl sites for hydroxylation is 1. The van der Waals surface area contributed by atoms with E-state index in [1.54, 1.807) is 25.0 Å². The van der Waals surface area contributed by atoms with Gasteiger partial charge in [-0.1, -0.05) is 23.4 Å². The van der Waals surface area contributed by atoms with Crippen LogP contribution in [0.25, 0.3) is 0 Å². The molecule has 0 saturated heterocycles. The van der Waals surface area contributed by atoms with E-state index in [-0.39, 0.29) is 5.91 Å². The topological polar surface area (TPSA) is 59.8 Å². The number of hydrogen-bond acceptors (Lipinski definition) is 4. The van der Waals surface area contributed by atoms with Crippen molar-refractivity contribution in [2.45, 2.75) is 11.3 Å². The van der Waals surface area contributed by atoms with Crippen LogP contribution in [0.5, 0.6) is 0 Å². The first-order valence-electron chi connectivity index (χ1n) is 5.97. The molecule has 0 saturated carbocycles. The van der Waals surface area contributed by atoms with Gasteiger partial charge in [-0.25, -0.2) is 0 Å². The molecule has 1 aromatic heterocycles. The molecular formula is C13H16N4OS. The molecule has 2 rings (SSSR count). The molecule has 0 bridgehead atoms. The molecule has 0 radical (unpaired) electrons. The molecular weight excluding hydrogens is 260 g/mol. The molecule has 0 aliphatic heterocycles. The van der Waals surface area contributed by atoms with Gasteiger partial charge in [0, 0.05) is 18.5 Å². The van der Waals surface area contributed by atoms with E-state index in [0.717, 1.165) is 6.42 Å². The third kappa shape index (κ3) is 3.57. The predicted octanol–water partition coefficient (Wildman–Crippen LogP) is 1.51. The molecule has 0 spiro atoms. The molecule has 6 heteroatoms. The van der Waals surface area contributed by atoms with Crippen molar-refractivity contribution >= 4 is 17.7 Å². The molecule has 5 nitrogen and oxygen atoms in total. The quantitative estimate of drug-likeness (QED) is 0.841. The maximum absolute atomic E-state index is 11.8. The van der Waals surface area contributed by atoms with Gasteiger partial charge in [-0.3, -0.25) is 9.48 Å². The fraction of sp³-hybridized carbons (Fsp3) is 0.308. The minimum absolute atomic E-state index is 0.185. The molecule has 1 heterocycles. The van der Waals surface area contributed by atoms with Crippen molar-refractivity contribution in [3.05, 3.63) is 41.7 Å². The molecule has 0 fully saturated rings. The van der Waals surface area contributed by atoms with E-state index in [4.69, 9.17) is 0 Å². The summed E-state index contributed by atoms with van der Waals surface area (Å²) in [6.45, 7) is 0.590. The maximum Gasteiger partial charge on any atom is 0.273 e. The summed E-state index contributed by atoms with van der Waals surface area (Å²) in [5.74, 6) is -0.185. The number of carbonyl (C=O) groups excluding carboxylic acids is 1. The van der Waals surface area contributed by atoms with Crippen LogP contribution in [0.3, 0.4) is 0 Å². The summed E-state index contributed by atoms with van der Waals surface area (Å²) in [6.07, 6.45) is 4.46. The number of carbonyl (C=O) groups is 1. The second-order valence-electron chi connectivity index (χ2n) is 4.10. The molecule has 0 unspecified atom stereocenters. The highest BCUT2D eigenvalue weighted by atomic mass is 32.2. The van der Waals surface area contributed by atoms with Crippen LogP contribution in [-0.4, -0.2) is 33.7 Å². The van der Waals surface area contributed by atoms with E-state index in [0.29, 0.717) is 12.2 Å². The van der Waals surface area contributed by atoms with Gasteiger partial charge in [0.1, 0.15) is 0 Å². The highest BCUT2D eigenvalue weighted by Crippen LogP contribution is 2.19. The third-order valence-corrected chi connectivity index (χ3v) is 3.55. The monoisotopic (exact) mass is 276 g/mol. The first-order chi connectivity index (χ1) is 9.20. The summed E-state index contributed by atoms with van der Waals surface area (Å²) in [7, 11) is 1.73. The number of rotatable bonds is 5. The van der Waals surface area contributed by atoms with Crippen molar-refractivity contribution in [2.24, 2.45) is 7.05 Å². The standard InChI is InChI=1S/C13H16N4OS/c1-17-9-11(15-16-17)13(18)14-8-7-10-5-3-4-6-12(10)19-2/h3-6,9H,7-8H2,1-2H3,(H,14,18). The number of nitrogens with zero attached hydrogens (tertiary/aromatic N) is 3. The van der Waals surface area contributed by atoms with Crippen LogP contribution in [0.15, 0.2) is 35.4 Å². The van der Waals surface area contributed by atoms with Crippen LogP contribution < -0.4 is 5.32 Å². The lowest BCUT2D eigenvalue weighted by molar-refractivity contribution is 0.0949. The largest absolute Gasteiger partial charge is 0.350 e. The van der Waals surface area contributed by atoms with Gasteiger partial charge in [0.15, 0.2) is 5.69 Å². The number of nitrogens with one attached hydrogen (secondary N) is 1. The van der Waals surface area contributed by atoms with Crippen molar-refractivity contribution in [3.8, 4) is 0 Å². The normalized spacial score (nSPS) is 10.4. The average molecular weight is 276 g/mol. The third-order valence-electron chi connectivity index (χ3n) is 2.71. The van der Waals surface area contributed by atoms with Crippen LogP contribution in [0.1, 0.15) is 16.1 Å². The van der Waals surface area contributed by atoms with Crippen molar-refractivity contribution < 1.29 is 4.79 Å². The van der Waals surface area contributed by atoms with E-state index in [1.807, 2.05) is 12.1 Å². The van der Waals surface area contributed by atoms with E-state index in [2.05, 4.69) is 34.0 Å². The Morgan fingerprint density at radius 1 is 1.42 bits per heavy atom. The number of hydrogen-bond donors (Lipinski definition) is 1. The van der Waals surface area contributed by atoms with Crippen LogP contribution in [-0.2, 0) is 13.5 Å². The summed E-state index contributed by atoms with van der Waals surface area (Å²) in [6, 6.07) is 8.21. The van der Waals surface area contributed by atoms with Crippen molar-refractivity contribution in [3.63, 3.8) is 0 Å². The molecule has 1 aromatic carbocycles. The molecule has 2 aromatic rings. The summed E-state index contributed by atoms with van der Waals surface area (Å²) in [5.41, 5.74) is 1.59. The van der Waals surface area contributed by atoms with Crippen LogP contribution >= 0.6 is 11.8 Å². The lowest BCUT2D eigenvalue weighted by Gasteiger charge is -2.07. The van der Waals surface area contributed by atoms with Crippen molar-refractivity contribution in [1.82, 2.24) is 20.3 Å². The molecule has 19 heavy (non-hydrogen) atoms. The molecule has 0 aliphatic rings. The second-order valence-corrected chi connectivity index (χ2v) is 4.94. The van der Waals surface area contributed by atoms with Gasteiger partial charge in [0.2, 0.25) is 0 Å². The second kappa shape index (κ2) is 6.38. The lowest BCUT2D eigenvalue weighted by Crippen LogP contribution is -2.26.